The molecule has 36 heavy (non-hydrogen) atoms. The lowest BCUT2D eigenvalue weighted by molar-refractivity contribution is 0.0945. The predicted octanol–water partition coefficient (Wildman–Crippen LogP) is 5.76. The van der Waals surface area contributed by atoms with E-state index in [1.165, 1.54) is 11.4 Å². The number of aromatic nitrogens is 3. The molecule has 4 rings (SSSR count). The lowest BCUT2D eigenvalue weighted by atomic mass is 10.1. The second-order valence-electron chi connectivity index (χ2n) is 8.97. The van der Waals surface area contributed by atoms with Crippen LogP contribution < -0.4 is 10.6 Å². The maximum absolute atomic E-state index is 13.9. The molecule has 0 spiro atoms. The van der Waals surface area contributed by atoms with E-state index in [0.29, 0.717) is 18.0 Å². The van der Waals surface area contributed by atoms with Gasteiger partial charge in [0, 0.05) is 35.9 Å². The number of rotatable bonds is 10. The molecule has 190 valence electrons. The van der Waals surface area contributed by atoms with Crippen LogP contribution in [0.2, 0.25) is 23.2 Å². The van der Waals surface area contributed by atoms with Crippen molar-refractivity contribution in [1.82, 2.24) is 20.4 Å². The normalized spacial score (nSPS) is 11.8. The largest absolute Gasteiger partial charge is 0.360 e. The predicted molar refractivity (Wildman–Crippen MR) is 140 cm³/mol. The molecule has 0 aliphatic rings. The number of H-pyrrole nitrogens is 1. The Morgan fingerprint density at radius 1 is 1.14 bits per heavy atom. The number of fused-ring (bicyclic) bond motifs is 1. The molecule has 10 heteroatoms. The van der Waals surface area contributed by atoms with E-state index < -0.39 is 25.6 Å². The molecule has 0 aliphatic heterocycles. The topological polar surface area (TPSA) is 83.8 Å². The first-order valence-corrected chi connectivity index (χ1v) is 15.1. The van der Waals surface area contributed by atoms with Gasteiger partial charge in [0.1, 0.15) is 31.1 Å². The van der Waals surface area contributed by atoms with Gasteiger partial charge < -0.3 is 14.8 Å². The Hall–Kier alpha value is -3.04. The second kappa shape index (κ2) is 10.9. The maximum Gasteiger partial charge on any atom is 0.273 e. The summed E-state index contributed by atoms with van der Waals surface area (Å²) in [5.74, 6) is -1.21. The fourth-order valence-corrected chi connectivity index (χ4v) is 8.85. The summed E-state index contributed by atoms with van der Waals surface area (Å²) in [6, 6.07) is 9.90. The first kappa shape index (κ1) is 26.0. The molecule has 1 aromatic carbocycles. The molecule has 2 N–H and O–H groups in total. The number of carbonyl (C=O) groups excluding carboxylic acids is 1. The van der Waals surface area contributed by atoms with Crippen molar-refractivity contribution in [3.8, 4) is 0 Å². The van der Waals surface area contributed by atoms with Crippen LogP contribution in [0.4, 0.5) is 8.78 Å². The van der Waals surface area contributed by atoms with Crippen molar-refractivity contribution in [2.45, 2.75) is 51.7 Å². The highest BCUT2D eigenvalue weighted by Crippen LogP contribution is 2.27. The van der Waals surface area contributed by atoms with Crippen LogP contribution in [0, 0.1) is 11.6 Å². The molecular weight excluding hydrogens is 502 g/mol. The Morgan fingerprint density at radius 2 is 1.89 bits per heavy atom. The van der Waals surface area contributed by atoms with Gasteiger partial charge in [0.2, 0.25) is 0 Å². The van der Waals surface area contributed by atoms with Crippen LogP contribution in [0.3, 0.4) is 0 Å². The first-order chi connectivity index (χ1) is 17.3. The number of nitrogens with zero attached hydrogens (tertiary/aromatic N) is 2. The molecule has 0 bridgehead atoms. The minimum Gasteiger partial charge on any atom is -0.360 e. The quantitative estimate of drug-likeness (QED) is 0.255. The van der Waals surface area contributed by atoms with Gasteiger partial charge in [-0.05, 0) is 41.8 Å². The van der Waals surface area contributed by atoms with Crippen LogP contribution in [-0.4, -0.2) is 35.7 Å². The summed E-state index contributed by atoms with van der Waals surface area (Å²) in [5.41, 5.74) is 2.19. The van der Waals surface area contributed by atoms with Crippen molar-refractivity contribution in [2.75, 3.05) is 6.54 Å². The Kier molecular flexibility index (Phi) is 7.90. The summed E-state index contributed by atoms with van der Waals surface area (Å²) in [6.07, 6.45) is 2.24. The van der Waals surface area contributed by atoms with Crippen LogP contribution >= 0.6 is 11.6 Å². The number of pyridine rings is 1. The van der Waals surface area contributed by atoms with Crippen molar-refractivity contribution in [3.05, 3.63) is 75.8 Å². The lowest BCUT2D eigenvalue weighted by Crippen LogP contribution is -2.48. The molecular formula is C26H29ClF2N4O2Si. The molecule has 0 fully saturated rings. The zero-order chi connectivity index (χ0) is 25.9. The fourth-order valence-electron chi connectivity index (χ4n) is 4.85. The van der Waals surface area contributed by atoms with Gasteiger partial charge in [0.25, 0.3) is 5.91 Å². The minimum absolute atomic E-state index is 0.00586. The highest BCUT2D eigenvalue weighted by molar-refractivity contribution is 6.91. The van der Waals surface area contributed by atoms with Crippen molar-refractivity contribution in [1.29, 1.82) is 0 Å². The van der Waals surface area contributed by atoms with E-state index in [1.54, 1.807) is 6.20 Å². The molecule has 0 aliphatic carbocycles. The zero-order valence-electron chi connectivity index (χ0n) is 20.6. The second-order valence-corrected chi connectivity index (χ2v) is 14.6. The molecule has 0 atom stereocenters. The van der Waals surface area contributed by atoms with Gasteiger partial charge in [-0.1, -0.05) is 55.7 Å². The highest BCUT2D eigenvalue weighted by Gasteiger charge is 2.34. The number of hydrogen-bond donors (Lipinski definition) is 2. The summed E-state index contributed by atoms with van der Waals surface area (Å²) in [5, 5.41) is 9.54. The third kappa shape index (κ3) is 5.22. The Morgan fingerprint density at radius 3 is 2.61 bits per heavy atom. The van der Waals surface area contributed by atoms with Crippen molar-refractivity contribution in [3.63, 3.8) is 0 Å². The molecule has 0 unspecified atom stereocenters. The van der Waals surface area contributed by atoms with Crippen LogP contribution in [-0.2, 0) is 12.8 Å². The summed E-state index contributed by atoms with van der Waals surface area (Å²) >= 11 is 6.26. The lowest BCUT2D eigenvalue weighted by Gasteiger charge is -2.28. The monoisotopic (exact) mass is 530 g/mol. The number of benzene rings is 1. The van der Waals surface area contributed by atoms with Crippen LogP contribution in [0.5, 0.6) is 0 Å². The molecule has 6 nitrogen and oxygen atoms in total. The summed E-state index contributed by atoms with van der Waals surface area (Å²) < 4.78 is 32.6. The van der Waals surface area contributed by atoms with E-state index in [1.807, 2.05) is 6.07 Å². The van der Waals surface area contributed by atoms with Gasteiger partial charge in [-0.2, -0.15) is 0 Å². The maximum atomic E-state index is 13.9. The third-order valence-corrected chi connectivity index (χ3v) is 12.9. The van der Waals surface area contributed by atoms with Gasteiger partial charge in [0.15, 0.2) is 5.69 Å². The van der Waals surface area contributed by atoms with Gasteiger partial charge >= 0.3 is 0 Å². The van der Waals surface area contributed by atoms with Crippen molar-refractivity contribution < 1.29 is 18.1 Å². The Bertz CT molecular complexity index is 1380. The molecule has 0 radical (unpaired) electrons. The van der Waals surface area contributed by atoms with E-state index in [9.17, 15) is 13.6 Å². The van der Waals surface area contributed by atoms with Gasteiger partial charge in [-0.15, -0.1) is 0 Å². The third-order valence-electron chi connectivity index (χ3n) is 7.11. The van der Waals surface area contributed by atoms with E-state index in [0.717, 1.165) is 52.9 Å². The number of aromatic amines is 1. The fraction of sp³-hybridized carbons (Fsp3) is 0.346. The summed E-state index contributed by atoms with van der Waals surface area (Å²) in [4.78, 5) is 20.8. The average molecular weight is 531 g/mol. The van der Waals surface area contributed by atoms with E-state index in [-0.39, 0.29) is 23.4 Å². The number of amides is 1. The van der Waals surface area contributed by atoms with Crippen LogP contribution in [0.1, 0.15) is 48.1 Å². The standard InChI is InChI=1S/C26H29ClF2N4O2Si/c1-4-36(5-2,6-3)26-20(21-13-17(27)15-31-24(21)32-26)9-10-30-25(34)23-14-19(35-33-23)12-16-11-18(28)7-8-22(16)29/h7-8,11,13-15H,4-6,9-10,12H2,1-3H3,(H,30,34)(H,31,32). The van der Waals surface area contributed by atoms with Gasteiger partial charge in [0.05, 0.1) is 5.02 Å². The van der Waals surface area contributed by atoms with Gasteiger partial charge in [-0.3, -0.25) is 4.79 Å². The van der Waals surface area contributed by atoms with E-state index in [2.05, 4.69) is 41.2 Å². The molecule has 3 aromatic heterocycles. The number of carbonyl (C=O) groups is 1. The van der Waals surface area contributed by atoms with Crippen molar-refractivity contribution in [2.24, 2.45) is 0 Å². The molecule has 4 aromatic rings. The molecule has 0 saturated carbocycles. The van der Waals surface area contributed by atoms with Gasteiger partial charge in [-0.25, -0.2) is 13.8 Å². The number of hydrogen-bond acceptors (Lipinski definition) is 4. The summed E-state index contributed by atoms with van der Waals surface area (Å²) in [7, 11) is -1.76. The molecule has 0 saturated heterocycles. The summed E-state index contributed by atoms with van der Waals surface area (Å²) in [6.45, 7) is 7.12. The Balaban J connectivity index is 1.49. The Labute approximate surface area is 214 Å². The molecule has 1 amide bonds. The first-order valence-electron chi connectivity index (χ1n) is 12.1. The smallest absolute Gasteiger partial charge is 0.273 e. The molecule has 3 heterocycles. The minimum atomic E-state index is -1.76. The van der Waals surface area contributed by atoms with Crippen LogP contribution in [0.15, 0.2) is 41.1 Å². The van der Waals surface area contributed by atoms with Crippen LogP contribution in [0.25, 0.3) is 11.0 Å². The number of nitrogens with one attached hydrogen (secondary N) is 2. The van der Waals surface area contributed by atoms with E-state index >= 15 is 0 Å². The van der Waals surface area contributed by atoms with E-state index in [4.69, 9.17) is 16.1 Å². The zero-order valence-corrected chi connectivity index (χ0v) is 22.3. The average Bonchev–Trinajstić information content (AvgIpc) is 3.48. The highest BCUT2D eigenvalue weighted by atomic mass is 35.5. The number of halogens is 3. The van der Waals surface area contributed by atoms with Crippen molar-refractivity contribution >= 4 is 41.9 Å². The SMILES string of the molecule is CC[Si](CC)(CC)c1[nH]c2ncc(Cl)cc2c1CCNC(=O)c1cc(Cc2cc(F)ccc2F)on1.